The van der Waals surface area contributed by atoms with Gasteiger partial charge in [0, 0.05) is 19.0 Å². The van der Waals surface area contributed by atoms with Gasteiger partial charge in [-0.2, -0.15) is 10.1 Å². The van der Waals surface area contributed by atoms with Crippen molar-refractivity contribution >= 4 is 22.7 Å². The third-order valence-corrected chi connectivity index (χ3v) is 3.89. The summed E-state index contributed by atoms with van der Waals surface area (Å²) >= 11 is 0. The lowest BCUT2D eigenvalue weighted by Crippen LogP contribution is -2.16. The zero-order valence-corrected chi connectivity index (χ0v) is 14.2. The Morgan fingerprint density at radius 1 is 1.27 bits per heavy atom. The number of fused-ring (bicyclic) bond motifs is 1. The minimum Gasteiger partial charge on any atom is -0.405 e. The van der Waals surface area contributed by atoms with Gasteiger partial charge in [-0.1, -0.05) is 25.1 Å². The fraction of sp³-hybridized carbons (Fsp3) is 0.211. The number of hydrogen-bond donors (Lipinski definition) is 3. The number of nitrogens with one attached hydrogen (secondary N) is 1. The normalized spacial score (nSPS) is 12.9. The smallest absolute Gasteiger partial charge is 0.229 e. The second-order valence-electron chi connectivity index (χ2n) is 5.78. The Hall–Kier alpha value is -3.35. The van der Waals surface area contributed by atoms with Crippen LogP contribution in [-0.2, 0) is 0 Å². The molecule has 7 heteroatoms. The highest BCUT2D eigenvalue weighted by Crippen LogP contribution is 2.21. The molecule has 3 aromatic rings. The van der Waals surface area contributed by atoms with Crippen molar-refractivity contribution in [2.45, 2.75) is 27.3 Å². The number of benzene rings is 1. The van der Waals surface area contributed by atoms with Crippen molar-refractivity contribution < 1.29 is 1.43 Å². The first-order valence-corrected chi connectivity index (χ1v) is 7.96. The van der Waals surface area contributed by atoms with Gasteiger partial charge in [-0.25, -0.2) is 9.67 Å². The molecule has 2 heterocycles. The summed E-state index contributed by atoms with van der Waals surface area (Å²) in [6.45, 7) is 4.00. The van der Waals surface area contributed by atoms with E-state index in [1.165, 1.54) is 11.8 Å². The number of nitrogens with zero attached hydrogens (tertiary/aromatic N) is 4. The van der Waals surface area contributed by atoms with Crippen LogP contribution in [0.4, 0.5) is 11.6 Å². The van der Waals surface area contributed by atoms with E-state index in [1.807, 2.05) is 38.1 Å². The lowest BCUT2D eigenvalue weighted by Gasteiger charge is -2.13. The Balaban J connectivity index is 0.00000182. The van der Waals surface area contributed by atoms with E-state index >= 15 is 0 Å². The van der Waals surface area contributed by atoms with Crippen LogP contribution in [-0.4, -0.2) is 19.7 Å². The number of allylic oxidation sites excluding steroid dienone is 3. The predicted octanol–water partition coefficient (Wildman–Crippen LogP) is 3.64. The van der Waals surface area contributed by atoms with Gasteiger partial charge < -0.3 is 16.8 Å². The van der Waals surface area contributed by atoms with Gasteiger partial charge in [-0.3, -0.25) is 0 Å². The van der Waals surface area contributed by atoms with Crippen LogP contribution in [0, 0.1) is 6.92 Å². The molecule has 3 rings (SSSR count). The third kappa shape index (κ3) is 4.00. The van der Waals surface area contributed by atoms with Crippen LogP contribution in [0.5, 0.6) is 0 Å². The minimum absolute atomic E-state index is 0. The number of aryl methyl sites for hydroxylation is 1. The largest absolute Gasteiger partial charge is 0.405 e. The molecule has 0 saturated heterocycles. The molecule has 2 aromatic heterocycles. The van der Waals surface area contributed by atoms with Crippen LogP contribution < -0.4 is 16.8 Å². The standard InChI is InChI=1S/C18H21N7.CH4.H2/c1-12-5-7-15(8-6-12)23-18-21-10-14-11-22-25(17(14)24-18)13(2)16(20)4-3-9-19;;/h3-11,13H,19-20H2,1-2H3,(H,21,23,24);1H4;1H/b9-3-,16-4-;;. The van der Waals surface area contributed by atoms with Crippen LogP contribution in [0.3, 0.4) is 0 Å². The highest BCUT2D eigenvalue weighted by molar-refractivity contribution is 5.75. The minimum atomic E-state index is -0.157. The second-order valence-corrected chi connectivity index (χ2v) is 5.78. The van der Waals surface area contributed by atoms with Gasteiger partial charge in [-0.05, 0) is 44.3 Å². The van der Waals surface area contributed by atoms with Crippen molar-refractivity contribution in [2.24, 2.45) is 11.5 Å². The average molecular weight is 353 g/mol. The molecule has 7 nitrogen and oxygen atoms in total. The molecule has 0 amide bonds. The zero-order valence-electron chi connectivity index (χ0n) is 14.2. The maximum Gasteiger partial charge on any atom is 0.229 e. The van der Waals surface area contributed by atoms with E-state index in [0.29, 0.717) is 17.3 Å². The molecule has 0 bridgehead atoms. The van der Waals surface area contributed by atoms with Crippen LogP contribution in [0.25, 0.3) is 11.0 Å². The van der Waals surface area contributed by atoms with Crippen molar-refractivity contribution in [2.75, 3.05) is 5.32 Å². The van der Waals surface area contributed by atoms with Crippen molar-refractivity contribution in [1.82, 2.24) is 19.7 Å². The number of aromatic nitrogens is 4. The first-order valence-electron chi connectivity index (χ1n) is 7.96. The van der Waals surface area contributed by atoms with Gasteiger partial charge in [0.15, 0.2) is 5.65 Å². The Labute approximate surface area is 154 Å². The van der Waals surface area contributed by atoms with Crippen molar-refractivity contribution in [3.63, 3.8) is 0 Å². The summed E-state index contributed by atoms with van der Waals surface area (Å²) in [5, 5.41) is 8.45. The Bertz CT molecular complexity index is 929. The summed E-state index contributed by atoms with van der Waals surface area (Å²) in [7, 11) is 0. The lowest BCUT2D eigenvalue weighted by molar-refractivity contribution is 0.564. The highest BCUT2D eigenvalue weighted by atomic mass is 15.3. The first-order chi connectivity index (χ1) is 12.1. The maximum absolute atomic E-state index is 6.10. The summed E-state index contributed by atoms with van der Waals surface area (Å²) in [5.41, 5.74) is 14.9. The number of hydrogen-bond acceptors (Lipinski definition) is 6. The topological polar surface area (TPSA) is 108 Å². The quantitative estimate of drug-likeness (QED) is 0.604. The molecular formula is C19H27N7. The molecule has 1 unspecified atom stereocenters. The van der Waals surface area contributed by atoms with E-state index in [-0.39, 0.29) is 14.9 Å². The molecule has 0 saturated carbocycles. The van der Waals surface area contributed by atoms with Crippen LogP contribution in [0.2, 0.25) is 0 Å². The molecule has 1 atom stereocenters. The summed E-state index contributed by atoms with van der Waals surface area (Å²) in [4.78, 5) is 8.93. The summed E-state index contributed by atoms with van der Waals surface area (Å²) in [6, 6.07) is 7.88. The fourth-order valence-corrected chi connectivity index (χ4v) is 2.39. The summed E-state index contributed by atoms with van der Waals surface area (Å²) in [6.07, 6.45) is 8.36. The van der Waals surface area contributed by atoms with Crippen molar-refractivity contribution in [1.29, 1.82) is 0 Å². The molecule has 0 aliphatic rings. The molecular weight excluding hydrogens is 326 g/mol. The van der Waals surface area contributed by atoms with E-state index in [1.54, 1.807) is 29.2 Å². The Kier molecular flexibility index (Phi) is 5.95. The van der Waals surface area contributed by atoms with Crippen LogP contribution in [0.1, 0.15) is 27.4 Å². The maximum atomic E-state index is 6.10. The Morgan fingerprint density at radius 2 is 2.00 bits per heavy atom. The monoisotopic (exact) mass is 353 g/mol. The van der Waals surface area contributed by atoms with E-state index < -0.39 is 0 Å². The first kappa shape index (κ1) is 19.0. The van der Waals surface area contributed by atoms with E-state index in [2.05, 4.69) is 20.4 Å². The van der Waals surface area contributed by atoms with E-state index in [4.69, 9.17) is 11.5 Å². The average Bonchev–Trinajstić information content (AvgIpc) is 3.04. The third-order valence-electron chi connectivity index (χ3n) is 3.89. The highest BCUT2D eigenvalue weighted by Gasteiger charge is 2.14. The summed E-state index contributed by atoms with van der Waals surface area (Å²) < 4.78 is 1.77. The van der Waals surface area contributed by atoms with E-state index in [0.717, 1.165) is 11.1 Å². The lowest BCUT2D eigenvalue weighted by atomic mass is 10.2. The van der Waals surface area contributed by atoms with Gasteiger partial charge in [0.2, 0.25) is 5.95 Å². The second kappa shape index (κ2) is 8.15. The molecule has 0 radical (unpaired) electrons. The molecule has 0 aliphatic carbocycles. The van der Waals surface area contributed by atoms with Gasteiger partial charge in [-0.15, -0.1) is 0 Å². The Morgan fingerprint density at radius 3 is 2.69 bits per heavy atom. The predicted molar refractivity (Wildman–Crippen MR) is 109 cm³/mol. The molecule has 1 aromatic carbocycles. The fourth-order valence-electron chi connectivity index (χ4n) is 2.39. The molecule has 0 fully saturated rings. The van der Waals surface area contributed by atoms with E-state index in [9.17, 15) is 0 Å². The number of anilines is 2. The molecule has 138 valence electrons. The van der Waals surface area contributed by atoms with Crippen molar-refractivity contribution in [3.05, 3.63) is 66.3 Å². The number of nitrogens with two attached hydrogens (primary N) is 2. The molecule has 5 N–H and O–H groups in total. The van der Waals surface area contributed by atoms with Crippen molar-refractivity contribution in [3.8, 4) is 0 Å². The van der Waals surface area contributed by atoms with Gasteiger partial charge in [0.1, 0.15) is 0 Å². The molecule has 0 spiro atoms. The zero-order chi connectivity index (χ0) is 17.8. The van der Waals surface area contributed by atoms with Gasteiger partial charge in [0.25, 0.3) is 0 Å². The van der Waals surface area contributed by atoms with Crippen LogP contribution in [0.15, 0.2) is 60.7 Å². The SMILES string of the molecule is C.Cc1ccc(Nc2ncc3cnn(C(C)/C(N)=C/C=C\N)c3n2)cc1.[HH]. The van der Waals surface area contributed by atoms with Crippen LogP contribution >= 0.6 is 0 Å². The van der Waals surface area contributed by atoms with Gasteiger partial charge in [0.05, 0.1) is 17.6 Å². The molecule has 26 heavy (non-hydrogen) atoms. The number of rotatable bonds is 5. The summed E-state index contributed by atoms with van der Waals surface area (Å²) in [5.74, 6) is 0.509. The van der Waals surface area contributed by atoms with Gasteiger partial charge >= 0.3 is 0 Å². The molecule has 0 aliphatic heterocycles.